The molecule has 30 heavy (non-hydrogen) atoms. The van der Waals surface area contributed by atoms with Crippen LogP contribution in [0.4, 0.5) is 0 Å². The summed E-state index contributed by atoms with van der Waals surface area (Å²) in [6, 6.07) is 11.5. The van der Waals surface area contributed by atoms with Gasteiger partial charge in [0.05, 0.1) is 6.33 Å². The molecule has 1 heterocycles. The number of imidazole rings is 1. The van der Waals surface area contributed by atoms with Gasteiger partial charge in [0.1, 0.15) is 0 Å². The van der Waals surface area contributed by atoms with Crippen molar-refractivity contribution in [2.45, 2.75) is 116 Å². The molecule has 0 aliphatic heterocycles. The summed E-state index contributed by atoms with van der Waals surface area (Å²) in [5.41, 5.74) is 1.44. The summed E-state index contributed by atoms with van der Waals surface area (Å²) >= 11 is 0. The molecule has 2 unspecified atom stereocenters. The number of unbranched alkanes of at least 4 members (excludes halogenated alkanes) is 12. The molecule has 1 aromatic carbocycles. The molecule has 0 spiro atoms. The Hall–Kier alpha value is -1.57. The van der Waals surface area contributed by atoms with Gasteiger partial charge in [0.15, 0.2) is 0 Å². The summed E-state index contributed by atoms with van der Waals surface area (Å²) in [6.07, 6.45) is 26.9. The van der Waals surface area contributed by atoms with E-state index in [1.54, 1.807) is 0 Å². The topological polar surface area (TPSA) is 17.8 Å². The predicted octanol–water partition coefficient (Wildman–Crippen LogP) is 8.78. The van der Waals surface area contributed by atoms with Gasteiger partial charge in [0, 0.05) is 18.4 Å². The second-order valence-corrected chi connectivity index (χ2v) is 9.28. The van der Waals surface area contributed by atoms with Crippen LogP contribution >= 0.6 is 0 Å². The molecule has 0 fully saturated rings. The van der Waals surface area contributed by atoms with Gasteiger partial charge < -0.3 is 4.57 Å². The Morgan fingerprint density at radius 3 is 1.87 bits per heavy atom. The smallest absolute Gasteiger partial charge is 0.0948 e. The van der Waals surface area contributed by atoms with Crippen LogP contribution in [0, 0.1) is 5.92 Å². The second-order valence-electron chi connectivity index (χ2n) is 9.28. The first kappa shape index (κ1) is 24.7. The van der Waals surface area contributed by atoms with Gasteiger partial charge in [-0.2, -0.15) is 0 Å². The van der Waals surface area contributed by atoms with E-state index in [9.17, 15) is 0 Å². The van der Waals surface area contributed by atoms with Gasteiger partial charge in [-0.05, 0) is 24.3 Å². The van der Waals surface area contributed by atoms with E-state index >= 15 is 0 Å². The second kappa shape index (κ2) is 16.2. The number of rotatable bonds is 18. The number of benzene rings is 1. The zero-order chi connectivity index (χ0) is 21.3. The summed E-state index contributed by atoms with van der Waals surface area (Å²) in [6.45, 7) is 4.70. The summed E-state index contributed by atoms with van der Waals surface area (Å²) in [5.74, 6) is 0.624. The Morgan fingerprint density at radius 1 is 0.767 bits per heavy atom. The van der Waals surface area contributed by atoms with Crippen molar-refractivity contribution >= 4 is 0 Å². The minimum atomic E-state index is 0.556. The van der Waals surface area contributed by atoms with E-state index in [0.717, 1.165) is 6.42 Å². The summed E-state index contributed by atoms with van der Waals surface area (Å²) in [5, 5.41) is 0. The lowest BCUT2D eigenvalue weighted by atomic mass is 9.90. The highest BCUT2D eigenvalue weighted by molar-refractivity contribution is 5.15. The van der Waals surface area contributed by atoms with E-state index in [0.29, 0.717) is 12.0 Å². The van der Waals surface area contributed by atoms with E-state index in [4.69, 9.17) is 0 Å². The third kappa shape index (κ3) is 10.5. The average Bonchev–Trinajstić information content (AvgIpc) is 3.29. The standard InChI is InChI=1S/C28H46N2/c1-3-4-5-6-7-8-9-10-11-12-13-14-18-21-28(30-23-22-29-25-30)26(2)24-27-19-16-15-17-20-27/h15-17,19-20,22-23,25-26,28H,3-14,18,21,24H2,1-2H3. The lowest BCUT2D eigenvalue weighted by Gasteiger charge is -2.25. The van der Waals surface area contributed by atoms with Crippen LogP contribution in [0.2, 0.25) is 0 Å². The maximum Gasteiger partial charge on any atom is 0.0948 e. The lowest BCUT2D eigenvalue weighted by molar-refractivity contribution is 0.318. The number of hydrogen-bond donors (Lipinski definition) is 0. The Bertz CT molecular complexity index is 605. The Morgan fingerprint density at radius 2 is 1.33 bits per heavy atom. The quantitative estimate of drug-likeness (QED) is 0.224. The highest BCUT2D eigenvalue weighted by Crippen LogP contribution is 2.27. The fourth-order valence-electron chi connectivity index (χ4n) is 4.69. The van der Waals surface area contributed by atoms with Crippen LogP contribution in [-0.2, 0) is 6.42 Å². The van der Waals surface area contributed by atoms with Crippen LogP contribution in [0.1, 0.15) is 115 Å². The van der Waals surface area contributed by atoms with Crippen molar-refractivity contribution < 1.29 is 0 Å². The van der Waals surface area contributed by atoms with Crippen LogP contribution in [0.25, 0.3) is 0 Å². The molecule has 0 aliphatic rings. The van der Waals surface area contributed by atoms with Crippen molar-refractivity contribution in [3.63, 3.8) is 0 Å². The first-order chi connectivity index (χ1) is 14.8. The van der Waals surface area contributed by atoms with Crippen molar-refractivity contribution in [1.29, 1.82) is 0 Å². The summed E-state index contributed by atoms with van der Waals surface area (Å²) in [7, 11) is 0. The van der Waals surface area contributed by atoms with Crippen molar-refractivity contribution in [3.8, 4) is 0 Å². The molecule has 168 valence electrons. The molecule has 1 aromatic heterocycles. The van der Waals surface area contributed by atoms with Gasteiger partial charge in [-0.3, -0.25) is 0 Å². The fraction of sp³-hybridized carbons (Fsp3) is 0.679. The number of nitrogens with zero attached hydrogens (tertiary/aromatic N) is 2. The van der Waals surface area contributed by atoms with Crippen LogP contribution in [0.15, 0.2) is 49.1 Å². The van der Waals surface area contributed by atoms with Crippen LogP contribution in [0.3, 0.4) is 0 Å². The fourth-order valence-corrected chi connectivity index (χ4v) is 4.69. The molecular formula is C28H46N2. The minimum absolute atomic E-state index is 0.556. The molecule has 0 aliphatic carbocycles. The van der Waals surface area contributed by atoms with Crippen molar-refractivity contribution in [1.82, 2.24) is 9.55 Å². The number of hydrogen-bond acceptors (Lipinski definition) is 1. The molecular weight excluding hydrogens is 364 g/mol. The van der Waals surface area contributed by atoms with Crippen LogP contribution in [0.5, 0.6) is 0 Å². The third-order valence-corrected chi connectivity index (χ3v) is 6.57. The normalized spacial score (nSPS) is 13.4. The van der Waals surface area contributed by atoms with Gasteiger partial charge in [0.25, 0.3) is 0 Å². The van der Waals surface area contributed by atoms with Gasteiger partial charge in [-0.25, -0.2) is 4.98 Å². The molecule has 0 saturated heterocycles. The molecule has 2 heteroatoms. The molecule has 0 amide bonds. The van der Waals surface area contributed by atoms with Crippen molar-refractivity contribution in [3.05, 3.63) is 54.6 Å². The van der Waals surface area contributed by atoms with Gasteiger partial charge in [0.2, 0.25) is 0 Å². The largest absolute Gasteiger partial charge is 0.334 e. The lowest BCUT2D eigenvalue weighted by Crippen LogP contribution is -2.18. The Kier molecular flexibility index (Phi) is 13.3. The molecule has 2 rings (SSSR count). The van der Waals surface area contributed by atoms with Crippen LogP contribution < -0.4 is 0 Å². The van der Waals surface area contributed by atoms with Crippen molar-refractivity contribution in [2.75, 3.05) is 0 Å². The zero-order valence-electron chi connectivity index (χ0n) is 19.8. The molecule has 0 saturated carbocycles. The summed E-state index contributed by atoms with van der Waals surface area (Å²) in [4.78, 5) is 4.31. The van der Waals surface area contributed by atoms with E-state index in [1.807, 2.05) is 12.5 Å². The number of aromatic nitrogens is 2. The highest BCUT2D eigenvalue weighted by atomic mass is 15.1. The molecule has 0 radical (unpaired) electrons. The molecule has 0 N–H and O–H groups in total. The molecule has 2 nitrogen and oxygen atoms in total. The van der Waals surface area contributed by atoms with Gasteiger partial charge in [-0.1, -0.05) is 128 Å². The Labute approximate surface area is 186 Å². The summed E-state index contributed by atoms with van der Waals surface area (Å²) < 4.78 is 2.34. The Balaban J connectivity index is 1.56. The third-order valence-electron chi connectivity index (χ3n) is 6.57. The highest BCUT2D eigenvalue weighted by Gasteiger charge is 2.18. The zero-order valence-corrected chi connectivity index (χ0v) is 19.8. The first-order valence-electron chi connectivity index (χ1n) is 12.8. The van der Waals surface area contributed by atoms with Crippen molar-refractivity contribution in [2.24, 2.45) is 5.92 Å². The van der Waals surface area contributed by atoms with E-state index < -0.39 is 0 Å². The molecule has 2 aromatic rings. The average molecular weight is 411 g/mol. The molecule has 2 atom stereocenters. The minimum Gasteiger partial charge on any atom is -0.334 e. The SMILES string of the molecule is CCCCCCCCCCCCCCCC(C(C)Cc1ccccc1)n1ccnc1. The van der Waals surface area contributed by atoms with Gasteiger partial charge >= 0.3 is 0 Å². The van der Waals surface area contributed by atoms with E-state index in [-0.39, 0.29) is 0 Å². The predicted molar refractivity (Wildman–Crippen MR) is 131 cm³/mol. The monoisotopic (exact) mass is 410 g/mol. The first-order valence-corrected chi connectivity index (χ1v) is 12.8. The molecule has 0 bridgehead atoms. The van der Waals surface area contributed by atoms with Gasteiger partial charge in [-0.15, -0.1) is 0 Å². The maximum absolute atomic E-state index is 4.31. The maximum atomic E-state index is 4.31. The van der Waals surface area contributed by atoms with E-state index in [2.05, 4.69) is 59.9 Å². The van der Waals surface area contributed by atoms with E-state index in [1.165, 1.54) is 95.5 Å². The van der Waals surface area contributed by atoms with Crippen LogP contribution in [-0.4, -0.2) is 9.55 Å².